The molecular formula is C21H31N5O2. The number of carbonyl (C=O) groups excluding carboxylic acids is 2. The highest BCUT2D eigenvalue weighted by atomic mass is 16.2. The normalized spacial score (nSPS) is 17.4. The number of aryl methyl sites for hydroxylation is 1. The minimum Gasteiger partial charge on any atom is -0.355 e. The van der Waals surface area contributed by atoms with Crippen molar-refractivity contribution in [1.82, 2.24) is 24.3 Å². The summed E-state index contributed by atoms with van der Waals surface area (Å²) < 4.78 is 2.21. The lowest BCUT2D eigenvalue weighted by atomic mass is 9.96. The van der Waals surface area contributed by atoms with Crippen molar-refractivity contribution in [2.75, 3.05) is 33.7 Å². The first-order valence-corrected chi connectivity index (χ1v) is 9.94. The van der Waals surface area contributed by atoms with E-state index >= 15 is 0 Å². The molecule has 7 nitrogen and oxygen atoms in total. The third-order valence-corrected chi connectivity index (χ3v) is 5.61. The highest BCUT2D eigenvalue weighted by molar-refractivity contribution is 6.02. The zero-order valence-corrected chi connectivity index (χ0v) is 17.6. The van der Waals surface area contributed by atoms with Crippen molar-refractivity contribution in [2.24, 2.45) is 0 Å². The van der Waals surface area contributed by atoms with Crippen LogP contribution in [-0.4, -0.2) is 69.8 Å². The standard InChI is InChI=1S/C21H31N5O2/c1-14-18(15(2)23-19(14)16(3)27)21(28)26-9-6-7-17(13-26)20-22-8-10-25(20)12-11-24(4)5/h8,10,17,23H,6-7,9,11-13H2,1-5H3/t17-/m1/s1. The number of rotatable bonds is 6. The lowest BCUT2D eigenvalue weighted by Gasteiger charge is -2.33. The summed E-state index contributed by atoms with van der Waals surface area (Å²) >= 11 is 0. The fraction of sp³-hybridized carbons (Fsp3) is 0.571. The Hall–Kier alpha value is -2.41. The number of likely N-dealkylation sites (tertiary alicyclic amines) is 1. The zero-order valence-electron chi connectivity index (χ0n) is 17.6. The topological polar surface area (TPSA) is 74.2 Å². The molecule has 3 heterocycles. The highest BCUT2D eigenvalue weighted by Crippen LogP contribution is 2.28. The van der Waals surface area contributed by atoms with Gasteiger partial charge in [0.1, 0.15) is 5.82 Å². The summed E-state index contributed by atoms with van der Waals surface area (Å²) in [6.07, 6.45) is 5.87. The van der Waals surface area contributed by atoms with Crippen molar-refractivity contribution < 1.29 is 9.59 Å². The molecule has 1 aliphatic heterocycles. The predicted molar refractivity (Wildman–Crippen MR) is 109 cm³/mol. The van der Waals surface area contributed by atoms with E-state index in [-0.39, 0.29) is 17.6 Å². The molecule has 1 aliphatic rings. The van der Waals surface area contributed by atoms with Gasteiger partial charge in [-0.15, -0.1) is 0 Å². The Morgan fingerprint density at radius 1 is 1.32 bits per heavy atom. The van der Waals surface area contributed by atoms with Crippen LogP contribution in [0.1, 0.15) is 63.6 Å². The van der Waals surface area contributed by atoms with Crippen molar-refractivity contribution in [3.63, 3.8) is 0 Å². The van der Waals surface area contributed by atoms with E-state index in [1.54, 1.807) is 0 Å². The van der Waals surface area contributed by atoms with Gasteiger partial charge < -0.3 is 19.4 Å². The number of amides is 1. The first-order chi connectivity index (χ1) is 13.3. The van der Waals surface area contributed by atoms with E-state index in [0.717, 1.165) is 49.6 Å². The van der Waals surface area contributed by atoms with Gasteiger partial charge in [0.05, 0.1) is 11.3 Å². The third kappa shape index (κ3) is 4.04. The summed E-state index contributed by atoms with van der Waals surface area (Å²) in [4.78, 5) is 36.8. The van der Waals surface area contributed by atoms with Gasteiger partial charge in [-0.1, -0.05) is 0 Å². The number of piperidine rings is 1. The number of hydrogen-bond acceptors (Lipinski definition) is 4. The van der Waals surface area contributed by atoms with E-state index in [9.17, 15) is 9.59 Å². The lowest BCUT2D eigenvalue weighted by molar-refractivity contribution is 0.0702. The molecule has 1 atom stereocenters. The average molecular weight is 386 g/mol. The molecule has 0 radical (unpaired) electrons. The number of nitrogens with zero attached hydrogens (tertiary/aromatic N) is 4. The molecule has 7 heteroatoms. The number of Topliss-reactive ketones (excluding diaryl/α,β-unsaturated/α-hetero) is 1. The van der Waals surface area contributed by atoms with Gasteiger partial charge in [-0.3, -0.25) is 9.59 Å². The van der Waals surface area contributed by atoms with Gasteiger partial charge in [-0.25, -0.2) is 4.98 Å². The second-order valence-corrected chi connectivity index (χ2v) is 8.05. The SMILES string of the molecule is CC(=O)c1[nH]c(C)c(C(=O)N2CCC[C@@H](c3nccn3CCN(C)C)C2)c1C. The van der Waals surface area contributed by atoms with Gasteiger partial charge in [0.15, 0.2) is 5.78 Å². The summed E-state index contributed by atoms with van der Waals surface area (Å²) in [6, 6.07) is 0. The van der Waals surface area contributed by atoms with Crippen LogP contribution in [0, 0.1) is 13.8 Å². The molecule has 2 aromatic heterocycles. The number of likely N-dealkylation sites (N-methyl/N-ethyl adjacent to an activating group) is 1. The van der Waals surface area contributed by atoms with Crippen LogP contribution >= 0.6 is 0 Å². The molecule has 0 aromatic carbocycles. The fourth-order valence-corrected chi connectivity index (χ4v) is 4.13. The van der Waals surface area contributed by atoms with Crippen LogP contribution in [0.2, 0.25) is 0 Å². The summed E-state index contributed by atoms with van der Waals surface area (Å²) in [7, 11) is 4.13. The van der Waals surface area contributed by atoms with E-state index in [4.69, 9.17) is 0 Å². The number of H-pyrrole nitrogens is 1. The van der Waals surface area contributed by atoms with Gasteiger partial charge in [0.2, 0.25) is 0 Å². The van der Waals surface area contributed by atoms with Crippen molar-refractivity contribution in [3.8, 4) is 0 Å². The molecule has 0 bridgehead atoms. The molecule has 152 valence electrons. The van der Waals surface area contributed by atoms with Crippen LogP contribution in [0.4, 0.5) is 0 Å². The Kier molecular flexibility index (Phi) is 6.03. The second-order valence-electron chi connectivity index (χ2n) is 8.05. The van der Waals surface area contributed by atoms with Crippen LogP contribution in [-0.2, 0) is 6.54 Å². The van der Waals surface area contributed by atoms with E-state index in [1.807, 2.05) is 31.1 Å². The van der Waals surface area contributed by atoms with Crippen LogP contribution in [0.15, 0.2) is 12.4 Å². The minimum absolute atomic E-state index is 0.00912. The molecule has 1 saturated heterocycles. The molecule has 0 spiro atoms. The summed E-state index contributed by atoms with van der Waals surface area (Å²) in [5.74, 6) is 1.27. The smallest absolute Gasteiger partial charge is 0.255 e. The number of nitrogens with one attached hydrogen (secondary N) is 1. The molecule has 3 rings (SSSR count). The minimum atomic E-state index is -0.0425. The Morgan fingerprint density at radius 2 is 2.07 bits per heavy atom. The predicted octanol–water partition coefficient (Wildman–Crippen LogP) is 2.61. The number of carbonyl (C=O) groups is 2. The van der Waals surface area contributed by atoms with Crippen molar-refractivity contribution >= 4 is 11.7 Å². The van der Waals surface area contributed by atoms with Crippen molar-refractivity contribution in [2.45, 2.75) is 46.1 Å². The van der Waals surface area contributed by atoms with E-state index < -0.39 is 0 Å². The lowest BCUT2D eigenvalue weighted by Crippen LogP contribution is -2.40. The Balaban J connectivity index is 1.78. The number of aromatic nitrogens is 3. The number of hydrogen-bond donors (Lipinski definition) is 1. The van der Waals surface area contributed by atoms with Gasteiger partial charge >= 0.3 is 0 Å². The maximum absolute atomic E-state index is 13.3. The van der Waals surface area contributed by atoms with E-state index in [2.05, 4.69) is 33.5 Å². The highest BCUT2D eigenvalue weighted by Gasteiger charge is 2.30. The summed E-state index contributed by atoms with van der Waals surface area (Å²) in [5.41, 5.74) is 2.70. The Bertz CT molecular complexity index is 864. The summed E-state index contributed by atoms with van der Waals surface area (Å²) in [6.45, 7) is 8.49. The monoisotopic (exact) mass is 385 g/mol. The van der Waals surface area contributed by atoms with Crippen LogP contribution in [0.5, 0.6) is 0 Å². The molecule has 0 saturated carbocycles. The van der Waals surface area contributed by atoms with Crippen LogP contribution in [0.25, 0.3) is 0 Å². The maximum Gasteiger partial charge on any atom is 0.255 e. The molecule has 2 aromatic rings. The van der Waals surface area contributed by atoms with Gasteiger partial charge in [-0.05, 0) is 46.3 Å². The molecular weight excluding hydrogens is 354 g/mol. The van der Waals surface area contributed by atoms with E-state index in [0.29, 0.717) is 17.8 Å². The molecule has 0 unspecified atom stereocenters. The second kappa shape index (κ2) is 8.31. The first-order valence-electron chi connectivity index (χ1n) is 9.94. The number of ketones is 1. The zero-order chi connectivity index (χ0) is 20.4. The summed E-state index contributed by atoms with van der Waals surface area (Å²) in [5, 5.41) is 0. The average Bonchev–Trinajstić information content (AvgIpc) is 3.23. The molecule has 0 aliphatic carbocycles. The van der Waals surface area contributed by atoms with Crippen LogP contribution in [0.3, 0.4) is 0 Å². The number of aromatic amines is 1. The van der Waals surface area contributed by atoms with Gasteiger partial charge in [0, 0.05) is 57.1 Å². The molecule has 1 fully saturated rings. The largest absolute Gasteiger partial charge is 0.355 e. The first kappa shape index (κ1) is 20.3. The Morgan fingerprint density at radius 3 is 2.71 bits per heavy atom. The molecule has 1 N–H and O–H groups in total. The molecule has 28 heavy (non-hydrogen) atoms. The van der Waals surface area contributed by atoms with Crippen molar-refractivity contribution in [3.05, 3.63) is 40.7 Å². The van der Waals surface area contributed by atoms with Gasteiger partial charge in [0.25, 0.3) is 5.91 Å². The third-order valence-electron chi connectivity index (χ3n) is 5.61. The molecule has 1 amide bonds. The fourth-order valence-electron chi connectivity index (χ4n) is 4.13. The quantitative estimate of drug-likeness (QED) is 0.776. The Labute approximate surface area is 166 Å². The van der Waals surface area contributed by atoms with Crippen molar-refractivity contribution in [1.29, 1.82) is 0 Å². The van der Waals surface area contributed by atoms with Gasteiger partial charge in [-0.2, -0.15) is 0 Å². The maximum atomic E-state index is 13.3. The number of imidazole rings is 1. The van der Waals surface area contributed by atoms with Crippen LogP contribution < -0.4 is 0 Å². The van der Waals surface area contributed by atoms with E-state index in [1.165, 1.54) is 6.92 Å².